The Hall–Kier alpha value is -1.56. The number of rotatable bonds is 2. The van der Waals surface area contributed by atoms with E-state index in [-0.39, 0.29) is 5.56 Å². The second kappa shape index (κ2) is 4.10. The highest BCUT2D eigenvalue weighted by Gasteiger charge is 2.08. The molecular formula is C8H9NO4S. The van der Waals surface area contributed by atoms with Gasteiger partial charge in [-0.25, -0.2) is 4.79 Å². The summed E-state index contributed by atoms with van der Waals surface area (Å²) in [5, 5.41) is 0. The van der Waals surface area contributed by atoms with Crippen molar-refractivity contribution in [2.45, 2.75) is 6.92 Å². The van der Waals surface area contributed by atoms with E-state index >= 15 is 0 Å². The van der Waals surface area contributed by atoms with E-state index < -0.39 is 17.0 Å². The summed E-state index contributed by atoms with van der Waals surface area (Å²) in [6.45, 7) is 1.78. The van der Waals surface area contributed by atoms with Crippen LogP contribution in [0.3, 0.4) is 0 Å². The lowest BCUT2D eigenvalue weighted by Crippen LogP contribution is -2.04. The van der Waals surface area contributed by atoms with Gasteiger partial charge in [-0.05, 0) is 24.6 Å². The standard InChI is InChI=1S/C8H9NO4S/c1-5-2-3-6(4-7(5)9)8(10)13-14(11)12/h2-4,14H,9H2,1H3. The number of anilines is 1. The second-order valence-corrected chi connectivity index (χ2v) is 3.30. The molecule has 0 atom stereocenters. The Morgan fingerprint density at radius 3 is 2.57 bits per heavy atom. The van der Waals surface area contributed by atoms with Crippen molar-refractivity contribution in [1.29, 1.82) is 0 Å². The molecule has 0 saturated carbocycles. The van der Waals surface area contributed by atoms with E-state index in [1.54, 1.807) is 13.0 Å². The van der Waals surface area contributed by atoms with Crippen LogP contribution >= 0.6 is 0 Å². The van der Waals surface area contributed by atoms with Gasteiger partial charge in [-0.15, -0.1) is 0 Å². The molecule has 2 N–H and O–H groups in total. The van der Waals surface area contributed by atoms with Gasteiger partial charge in [-0.1, -0.05) is 6.07 Å². The number of nitrogens with two attached hydrogens (primary N) is 1. The summed E-state index contributed by atoms with van der Waals surface area (Å²) in [5.41, 5.74) is 6.88. The molecule has 0 spiro atoms. The number of carbonyl (C=O) groups is 1. The summed E-state index contributed by atoms with van der Waals surface area (Å²) in [6, 6.07) is 4.44. The molecule has 1 aromatic carbocycles. The Labute approximate surface area is 82.6 Å². The first-order valence-electron chi connectivity index (χ1n) is 3.73. The van der Waals surface area contributed by atoms with Gasteiger partial charge in [-0.2, -0.15) is 8.42 Å². The molecule has 0 radical (unpaired) electrons. The van der Waals surface area contributed by atoms with Gasteiger partial charge in [0, 0.05) is 5.69 Å². The first kappa shape index (κ1) is 10.5. The zero-order valence-electron chi connectivity index (χ0n) is 7.39. The van der Waals surface area contributed by atoms with Gasteiger partial charge in [0.25, 0.3) is 0 Å². The van der Waals surface area contributed by atoms with E-state index in [9.17, 15) is 13.2 Å². The highest BCUT2D eigenvalue weighted by atomic mass is 32.2. The van der Waals surface area contributed by atoms with Crippen LogP contribution in [0.4, 0.5) is 5.69 Å². The van der Waals surface area contributed by atoms with Gasteiger partial charge in [0.1, 0.15) is 0 Å². The molecular weight excluding hydrogens is 206 g/mol. The summed E-state index contributed by atoms with van der Waals surface area (Å²) in [7, 11) is -3.17. The van der Waals surface area contributed by atoms with Crippen molar-refractivity contribution in [3.63, 3.8) is 0 Å². The quantitative estimate of drug-likeness (QED) is 0.546. The van der Waals surface area contributed by atoms with Crippen LogP contribution in [0.25, 0.3) is 0 Å². The first-order chi connectivity index (χ1) is 6.50. The van der Waals surface area contributed by atoms with Gasteiger partial charge in [0.05, 0.1) is 5.56 Å². The Bertz CT molecular complexity index is 431. The van der Waals surface area contributed by atoms with Crippen molar-refractivity contribution in [2.24, 2.45) is 0 Å². The third kappa shape index (κ3) is 2.46. The molecule has 0 aliphatic rings. The number of aryl methyl sites for hydroxylation is 1. The molecule has 0 heterocycles. The molecule has 14 heavy (non-hydrogen) atoms. The van der Waals surface area contributed by atoms with Crippen LogP contribution in [0.15, 0.2) is 18.2 Å². The monoisotopic (exact) mass is 215 g/mol. The minimum absolute atomic E-state index is 0.118. The van der Waals surface area contributed by atoms with E-state index in [0.29, 0.717) is 5.69 Å². The van der Waals surface area contributed by atoms with E-state index in [0.717, 1.165) is 5.56 Å². The zero-order chi connectivity index (χ0) is 10.7. The highest BCUT2D eigenvalue weighted by molar-refractivity contribution is 7.67. The van der Waals surface area contributed by atoms with Gasteiger partial charge >= 0.3 is 17.0 Å². The maximum atomic E-state index is 11.1. The number of thiol groups is 1. The van der Waals surface area contributed by atoms with Crippen LogP contribution in [0, 0.1) is 6.92 Å². The van der Waals surface area contributed by atoms with E-state index in [4.69, 9.17) is 5.73 Å². The summed E-state index contributed by atoms with van der Waals surface area (Å²) >= 11 is 0. The van der Waals surface area contributed by atoms with Crippen molar-refractivity contribution >= 4 is 22.6 Å². The normalized spacial score (nSPS) is 10.1. The van der Waals surface area contributed by atoms with Crippen LogP contribution in [0.2, 0.25) is 0 Å². The molecule has 0 amide bonds. The SMILES string of the molecule is Cc1ccc(C(=O)O[SH](=O)=O)cc1N. The highest BCUT2D eigenvalue weighted by Crippen LogP contribution is 2.13. The second-order valence-electron chi connectivity index (χ2n) is 2.67. The van der Waals surface area contributed by atoms with Crippen molar-refractivity contribution < 1.29 is 17.4 Å². The molecule has 0 aliphatic heterocycles. The summed E-state index contributed by atoms with van der Waals surface area (Å²) in [4.78, 5) is 11.1. The Balaban J connectivity index is 2.97. The van der Waals surface area contributed by atoms with E-state index in [2.05, 4.69) is 4.18 Å². The van der Waals surface area contributed by atoms with Gasteiger partial charge < -0.3 is 9.92 Å². The maximum Gasteiger partial charge on any atom is 0.353 e. The van der Waals surface area contributed by atoms with Crippen LogP contribution in [-0.2, 0) is 15.2 Å². The van der Waals surface area contributed by atoms with Gasteiger partial charge in [0.2, 0.25) is 0 Å². The van der Waals surface area contributed by atoms with E-state index in [1.165, 1.54) is 12.1 Å². The Kier molecular flexibility index (Phi) is 3.08. The fraction of sp³-hybridized carbons (Fsp3) is 0.125. The molecule has 1 rings (SSSR count). The fourth-order valence-corrected chi connectivity index (χ4v) is 1.13. The minimum atomic E-state index is -3.17. The Morgan fingerprint density at radius 2 is 2.07 bits per heavy atom. The smallest absolute Gasteiger partial charge is 0.353 e. The molecule has 6 heteroatoms. The number of hydrogen-bond donors (Lipinski definition) is 2. The van der Waals surface area contributed by atoms with Crippen LogP contribution in [-0.4, -0.2) is 14.4 Å². The molecule has 0 aliphatic carbocycles. The van der Waals surface area contributed by atoms with E-state index in [1.807, 2.05) is 0 Å². The molecule has 5 nitrogen and oxygen atoms in total. The zero-order valence-corrected chi connectivity index (χ0v) is 8.28. The van der Waals surface area contributed by atoms with Crippen LogP contribution in [0.5, 0.6) is 0 Å². The minimum Gasteiger partial charge on any atom is -0.398 e. The third-order valence-corrected chi connectivity index (χ3v) is 1.99. The fourth-order valence-electron chi connectivity index (χ4n) is 0.888. The summed E-state index contributed by atoms with van der Waals surface area (Å²) in [6.07, 6.45) is 0. The van der Waals surface area contributed by atoms with Crippen molar-refractivity contribution in [3.05, 3.63) is 29.3 Å². The van der Waals surface area contributed by atoms with Gasteiger partial charge in [-0.3, -0.25) is 0 Å². The molecule has 0 fully saturated rings. The summed E-state index contributed by atoms with van der Waals surface area (Å²) in [5.74, 6) is -0.923. The number of nitrogen functional groups attached to an aromatic ring is 1. The maximum absolute atomic E-state index is 11.1. The van der Waals surface area contributed by atoms with Crippen molar-refractivity contribution in [2.75, 3.05) is 5.73 Å². The topological polar surface area (TPSA) is 86.5 Å². The number of benzene rings is 1. The molecule has 76 valence electrons. The summed E-state index contributed by atoms with van der Waals surface area (Å²) < 4.78 is 24.2. The third-order valence-electron chi connectivity index (χ3n) is 1.67. The number of carbonyl (C=O) groups excluding carboxylic acids is 1. The average Bonchev–Trinajstić information content (AvgIpc) is 2.08. The largest absolute Gasteiger partial charge is 0.398 e. The lowest BCUT2D eigenvalue weighted by atomic mass is 10.1. The number of hydrogen-bond acceptors (Lipinski definition) is 5. The Morgan fingerprint density at radius 1 is 1.43 bits per heavy atom. The van der Waals surface area contributed by atoms with Crippen molar-refractivity contribution in [1.82, 2.24) is 0 Å². The molecule has 0 saturated heterocycles. The molecule has 1 aromatic rings. The molecule has 0 unspecified atom stereocenters. The van der Waals surface area contributed by atoms with Crippen molar-refractivity contribution in [3.8, 4) is 0 Å². The first-order valence-corrected chi connectivity index (χ1v) is 4.83. The predicted octanol–water partition coefficient (Wildman–Crippen LogP) is 0.260. The van der Waals surface area contributed by atoms with Crippen LogP contribution < -0.4 is 5.73 Å². The average molecular weight is 215 g/mol. The lowest BCUT2D eigenvalue weighted by molar-refractivity contribution is 0.0754. The van der Waals surface area contributed by atoms with Gasteiger partial charge in [0.15, 0.2) is 0 Å². The predicted molar refractivity (Wildman–Crippen MR) is 51.3 cm³/mol. The molecule has 0 aromatic heterocycles. The van der Waals surface area contributed by atoms with Crippen LogP contribution in [0.1, 0.15) is 15.9 Å². The lowest BCUT2D eigenvalue weighted by Gasteiger charge is -2.01. The molecule has 0 bridgehead atoms.